The summed E-state index contributed by atoms with van der Waals surface area (Å²) in [4.78, 5) is 4.46. The van der Waals surface area contributed by atoms with Gasteiger partial charge in [0.15, 0.2) is 5.76 Å². The number of aromatic nitrogens is 2. The number of imidazole rings is 1. The van der Waals surface area contributed by atoms with Crippen molar-refractivity contribution >= 4 is 11.5 Å². The third kappa shape index (κ3) is 1.72. The molecule has 0 unspecified atom stereocenters. The molecule has 2 heterocycles. The van der Waals surface area contributed by atoms with Crippen LogP contribution in [0.3, 0.4) is 0 Å². The molecule has 0 amide bonds. The van der Waals surface area contributed by atoms with Crippen LogP contribution in [0.25, 0.3) is 11.5 Å². The highest BCUT2D eigenvalue weighted by Gasteiger charge is 2.67. The van der Waals surface area contributed by atoms with Crippen molar-refractivity contribution in [1.82, 2.24) is 9.97 Å². The molecule has 4 nitrogen and oxygen atoms in total. The van der Waals surface area contributed by atoms with Crippen LogP contribution in [0.1, 0.15) is 5.82 Å². The minimum absolute atomic E-state index is 0.510. The van der Waals surface area contributed by atoms with Gasteiger partial charge in [0.2, 0.25) is 11.6 Å². The second-order valence-electron chi connectivity index (χ2n) is 4.31. The molecule has 1 N–H and O–H groups in total. The van der Waals surface area contributed by atoms with E-state index in [0.717, 1.165) is 0 Å². The molecule has 1 aliphatic heterocycles. The van der Waals surface area contributed by atoms with Gasteiger partial charge in [-0.25, -0.2) is 4.98 Å². The smallest absolute Gasteiger partial charge is 0.449 e. The maximum Gasteiger partial charge on any atom is 0.449 e. The quantitative estimate of drug-likeness (QED) is 0.726. The number of H-pyrrole nitrogens is 1. The predicted octanol–water partition coefficient (Wildman–Crippen LogP) is 0.976. The van der Waals surface area contributed by atoms with Gasteiger partial charge >= 0.3 is 18.0 Å². The Morgan fingerprint density at radius 3 is 2.05 bits per heavy atom. The Hall–Kier alpha value is -1.94. The van der Waals surface area contributed by atoms with Gasteiger partial charge in [-0.05, 0) is 0 Å². The Labute approximate surface area is 110 Å². The van der Waals surface area contributed by atoms with E-state index in [9.17, 15) is 30.7 Å². The van der Waals surface area contributed by atoms with Crippen LogP contribution in [-0.2, 0) is 15.7 Å². The van der Waals surface area contributed by atoms with E-state index in [0.29, 0.717) is 0 Å². The van der Waals surface area contributed by atoms with Gasteiger partial charge in [0.25, 0.3) is 0 Å². The molecule has 3 rings (SSSR count). The molecule has 0 radical (unpaired) electrons. The van der Waals surface area contributed by atoms with Crippen LogP contribution < -0.4 is 10.7 Å². The topological polar surface area (TPSA) is 47.1 Å². The van der Waals surface area contributed by atoms with Gasteiger partial charge in [0.1, 0.15) is 23.9 Å². The van der Waals surface area contributed by atoms with E-state index in [1.54, 1.807) is 4.98 Å². The Morgan fingerprint density at radius 2 is 1.48 bits per heavy atom. The number of alkyl halides is 7. The summed E-state index contributed by atoms with van der Waals surface area (Å²) >= 11 is 0. The van der Waals surface area contributed by atoms with Gasteiger partial charge in [-0.2, -0.15) is 30.7 Å². The van der Waals surface area contributed by atoms with Crippen molar-refractivity contribution in [3.8, 4) is 0 Å². The Bertz CT molecular complexity index is 665. The molecule has 0 saturated carbocycles. The summed E-state index contributed by atoms with van der Waals surface area (Å²) in [6.45, 7) is -1.03. The molecule has 1 aliphatic carbocycles. The lowest BCUT2D eigenvalue weighted by Crippen LogP contribution is -2.56. The molecular weight excluding hydrogens is 313 g/mol. The number of halogens is 7. The van der Waals surface area contributed by atoms with Gasteiger partial charge in [-0.1, -0.05) is 0 Å². The molecule has 11 heteroatoms. The number of ether oxygens (including phenoxy) is 2. The molecular formula is C10H5F7N2O2. The highest BCUT2D eigenvalue weighted by atomic mass is 19.4. The van der Waals surface area contributed by atoms with Crippen LogP contribution in [-0.4, -0.2) is 35.0 Å². The van der Waals surface area contributed by atoms with E-state index in [1.165, 1.54) is 0 Å². The van der Waals surface area contributed by atoms with Gasteiger partial charge in [0.05, 0.1) is 0 Å². The normalized spacial score (nSPS) is 23.0. The standard InChI is InChI=1S/C10H5F7N2O2/c11-8(12)5-3-4(19-7(18-3)10(15,16)17)6(9(8,13)14)21-2-1-20-5/h1-2H2,(H,18,19). The molecule has 21 heavy (non-hydrogen) atoms. The average Bonchev–Trinajstić information content (AvgIpc) is 2.71. The average molecular weight is 318 g/mol. The molecule has 0 saturated heterocycles. The van der Waals surface area contributed by atoms with Crippen LogP contribution in [0.5, 0.6) is 0 Å². The largest absolute Gasteiger partial charge is 0.486 e. The molecule has 0 aromatic carbocycles. The Morgan fingerprint density at radius 1 is 0.952 bits per heavy atom. The molecule has 0 atom stereocenters. The van der Waals surface area contributed by atoms with Crippen LogP contribution in [0.4, 0.5) is 30.7 Å². The lowest BCUT2D eigenvalue weighted by atomic mass is 10.0. The van der Waals surface area contributed by atoms with E-state index < -0.39 is 59.3 Å². The Balaban J connectivity index is 2.46. The van der Waals surface area contributed by atoms with Crippen molar-refractivity contribution < 1.29 is 40.2 Å². The number of nitrogens with zero attached hydrogens (tertiary/aromatic N) is 1. The van der Waals surface area contributed by atoms with E-state index in [-0.39, 0.29) is 0 Å². The lowest BCUT2D eigenvalue weighted by molar-refractivity contribution is -0.173. The monoisotopic (exact) mass is 318 g/mol. The lowest BCUT2D eigenvalue weighted by Gasteiger charge is -2.33. The first kappa shape index (κ1) is 14.0. The minimum atomic E-state index is -5.02. The summed E-state index contributed by atoms with van der Waals surface area (Å²) in [5.74, 6) is -14.6. The molecule has 1 aromatic rings. The summed E-state index contributed by atoms with van der Waals surface area (Å²) in [5.41, 5.74) is 0. The molecule has 2 bridgehead atoms. The van der Waals surface area contributed by atoms with Crippen LogP contribution in [0.15, 0.2) is 0 Å². The first-order chi connectivity index (χ1) is 9.57. The third-order valence-electron chi connectivity index (χ3n) is 2.96. The van der Waals surface area contributed by atoms with E-state index in [2.05, 4.69) is 14.5 Å². The number of nitrogens with one attached hydrogen (secondary N) is 1. The zero-order chi connectivity index (χ0) is 15.6. The summed E-state index contributed by atoms with van der Waals surface area (Å²) < 4.78 is 102. The van der Waals surface area contributed by atoms with Crippen LogP contribution >= 0.6 is 0 Å². The Kier molecular flexibility index (Phi) is 2.55. The number of hydrogen-bond acceptors (Lipinski definition) is 3. The van der Waals surface area contributed by atoms with Crippen LogP contribution in [0.2, 0.25) is 0 Å². The molecule has 1 aromatic heterocycles. The second-order valence-corrected chi connectivity index (χ2v) is 4.31. The fourth-order valence-electron chi connectivity index (χ4n) is 2.04. The third-order valence-corrected chi connectivity index (χ3v) is 2.96. The molecule has 0 spiro atoms. The summed E-state index contributed by atoms with van der Waals surface area (Å²) in [6.07, 6.45) is -5.02. The van der Waals surface area contributed by atoms with Gasteiger partial charge in [-0.15, -0.1) is 0 Å². The number of hydrogen-bond donors (Lipinski definition) is 1. The summed E-state index contributed by atoms with van der Waals surface area (Å²) in [7, 11) is 0. The number of aromatic amines is 1. The second kappa shape index (κ2) is 3.83. The van der Waals surface area contributed by atoms with Gasteiger partial charge < -0.3 is 14.5 Å². The highest BCUT2D eigenvalue weighted by Crippen LogP contribution is 2.47. The summed E-state index contributed by atoms with van der Waals surface area (Å²) in [6, 6.07) is 0. The van der Waals surface area contributed by atoms with E-state index in [4.69, 9.17) is 0 Å². The van der Waals surface area contributed by atoms with Crippen molar-refractivity contribution in [2.45, 2.75) is 18.0 Å². The summed E-state index contributed by atoms with van der Waals surface area (Å²) in [5, 5.41) is -1.97. The predicted molar refractivity (Wildman–Crippen MR) is 51.5 cm³/mol. The zero-order valence-electron chi connectivity index (χ0n) is 9.82. The first-order valence-corrected chi connectivity index (χ1v) is 5.51. The maximum atomic E-state index is 13.8. The van der Waals surface area contributed by atoms with Gasteiger partial charge in [-0.3, -0.25) is 0 Å². The van der Waals surface area contributed by atoms with Crippen LogP contribution in [0, 0.1) is 0 Å². The molecule has 0 fully saturated rings. The van der Waals surface area contributed by atoms with E-state index >= 15 is 0 Å². The van der Waals surface area contributed by atoms with E-state index in [1.807, 2.05) is 0 Å². The van der Waals surface area contributed by atoms with Crippen molar-refractivity contribution in [2.24, 2.45) is 0 Å². The van der Waals surface area contributed by atoms with Gasteiger partial charge in [0, 0.05) is 0 Å². The fraction of sp³-hybridized carbons (Fsp3) is 0.500. The van der Waals surface area contributed by atoms with Crippen molar-refractivity contribution in [3.63, 3.8) is 0 Å². The zero-order valence-corrected chi connectivity index (χ0v) is 9.82. The van der Waals surface area contributed by atoms with Crippen molar-refractivity contribution in [3.05, 3.63) is 16.5 Å². The molecule has 116 valence electrons. The maximum absolute atomic E-state index is 13.8. The molecule has 2 aliphatic rings. The van der Waals surface area contributed by atoms with Crippen molar-refractivity contribution in [2.75, 3.05) is 13.2 Å². The minimum Gasteiger partial charge on any atom is -0.486 e. The fourth-order valence-corrected chi connectivity index (χ4v) is 2.04. The van der Waals surface area contributed by atoms with Crippen molar-refractivity contribution in [1.29, 1.82) is 0 Å². The highest BCUT2D eigenvalue weighted by molar-refractivity contribution is 5.62. The number of rotatable bonds is 0. The first-order valence-electron chi connectivity index (χ1n) is 5.51. The SMILES string of the molecule is FC(F)(F)c1nc2c([nH]1)=C1OCCOC=2C(F)(F)C1(F)F.